The van der Waals surface area contributed by atoms with Gasteiger partial charge in [-0.25, -0.2) is 19.9 Å². The Kier molecular flexibility index (Phi) is 5.24. The number of nitrogens with zero attached hydrogens (tertiary/aromatic N) is 5. The van der Waals surface area contributed by atoms with Crippen LogP contribution < -0.4 is 5.32 Å². The molecule has 2 fully saturated rings. The summed E-state index contributed by atoms with van der Waals surface area (Å²) in [6.45, 7) is 3.99. The summed E-state index contributed by atoms with van der Waals surface area (Å²) < 4.78 is 5.40. The summed E-state index contributed by atoms with van der Waals surface area (Å²) in [5, 5.41) is 3.12. The topological polar surface area (TPSA) is 93.1 Å². The number of hydrogen-bond acceptors (Lipinski definition) is 7. The highest BCUT2D eigenvalue weighted by atomic mass is 16.5. The summed E-state index contributed by atoms with van der Waals surface area (Å²) in [4.78, 5) is 32.5. The molecule has 8 heteroatoms. The van der Waals surface area contributed by atoms with Gasteiger partial charge in [-0.2, -0.15) is 0 Å². The third-order valence-corrected chi connectivity index (χ3v) is 5.11. The van der Waals surface area contributed by atoms with Crippen LogP contribution in [-0.4, -0.2) is 50.5 Å². The van der Waals surface area contributed by atoms with Crippen LogP contribution in [0.15, 0.2) is 24.5 Å². The van der Waals surface area contributed by atoms with Crippen molar-refractivity contribution in [2.75, 3.05) is 25.1 Å². The molecule has 4 rings (SSSR count). The van der Waals surface area contributed by atoms with Gasteiger partial charge in [0.2, 0.25) is 11.9 Å². The first-order valence-electron chi connectivity index (χ1n) is 9.48. The predicted molar refractivity (Wildman–Crippen MR) is 99.3 cm³/mol. The average Bonchev–Trinajstić information content (AvgIpc) is 3.18. The smallest absolute Gasteiger partial charge is 0.228 e. The van der Waals surface area contributed by atoms with Crippen molar-refractivity contribution in [1.29, 1.82) is 0 Å². The van der Waals surface area contributed by atoms with E-state index in [1.54, 1.807) is 18.5 Å². The molecular weight excluding hydrogens is 344 g/mol. The largest absolute Gasteiger partial charge is 0.381 e. The monoisotopic (exact) mass is 368 g/mol. The molecule has 2 aliphatic heterocycles. The summed E-state index contributed by atoms with van der Waals surface area (Å²) in [5.41, 5.74) is 0.874. The quantitative estimate of drug-likeness (QED) is 0.886. The summed E-state index contributed by atoms with van der Waals surface area (Å²) in [6, 6.07) is 3.67. The summed E-state index contributed by atoms with van der Waals surface area (Å²) in [5.74, 6) is 2.10. The van der Waals surface area contributed by atoms with E-state index in [-0.39, 0.29) is 17.9 Å². The van der Waals surface area contributed by atoms with Crippen LogP contribution in [0.3, 0.4) is 0 Å². The van der Waals surface area contributed by atoms with Crippen LogP contribution in [-0.2, 0) is 9.53 Å². The minimum Gasteiger partial charge on any atom is -0.381 e. The minimum atomic E-state index is -0.000661. The molecule has 2 aromatic rings. The van der Waals surface area contributed by atoms with Crippen LogP contribution in [0, 0.1) is 12.8 Å². The van der Waals surface area contributed by atoms with Gasteiger partial charge in [-0.05, 0) is 38.7 Å². The van der Waals surface area contributed by atoms with Crippen molar-refractivity contribution in [2.24, 2.45) is 5.92 Å². The Bertz CT molecular complexity index is 794. The zero-order valence-electron chi connectivity index (χ0n) is 15.5. The number of anilines is 2. The fraction of sp³-hybridized carbons (Fsp3) is 0.526. The predicted octanol–water partition coefficient (Wildman–Crippen LogP) is 2.41. The van der Waals surface area contributed by atoms with Crippen LogP contribution >= 0.6 is 0 Å². The van der Waals surface area contributed by atoms with Gasteiger partial charge >= 0.3 is 0 Å². The zero-order chi connectivity index (χ0) is 18.6. The van der Waals surface area contributed by atoms with Gasteiger partial charge in [0, 0.05) is 44.1 Å². The van der Waals surface area contributed by atoms with Gasteiger partial charge < -0.3 is 15.0 Å². The van der Waals surface area contributed by atoms with Crippen LogP contribution in [0.2, 0.25) is 0 Å². The maximum absolute atomic E-state index is 13.0. The number of hydrogen-bond donors (Lipinski definition) is 1. The molecule has 0 spiro atoms. The lowest BCUT2D eigenvalue weighted by molar-refractivity contribution is -0.139. The van der Waals surface area contributed by atoms with Crippen LogP contribution in [0.25, 0.3) is 0 Å². The molecule has 2 aliphatic rings. The molecule has 1 amide bonds. The number of likely N-dealkylation sites (tertiary alicyclic amines) is 1. The third kappa shape index (κ3) is 4.05. The van der Waals surface area contributed by atoms with Crippen LogP contribution in [0.1, 0.15) is 43.2 Å². The van der Waals surface area contributed by atoms with E-state index >= 15 is 0 Å². The second-order valence-corrected chi connectivity index (χ2v) is 7.00. The summed E-state index contributed by atoms with van der Waals surface area (Å²) in [6.07, 6.45) is 6.89. The summed E-state index contributed by atoms with van der Waals surface area (Å²) >= 11 is 0. The lowest BCUT2D eigenvalue weighted by Crippen LogP contribution is -2.38. The van der Waals surface area contributed by atoms with Crippen molar-refractivity contribution in [2.45, 2.75) is 38.6 Å². The first-order valence-corrected chi connectivity index (χ1v) is 9.48. The molecule has 1 atom stereocenters. The number of carbonyl (C=O) groups is 1. The lowest BCUT2D eigenvalue weighted by Gasteiger charge is -2.30. The molecule has 0 radical (unpaired) electrons. The van der Waals surface area contributed by atoms with E-state index in [2.05, 4.69) is 25.3 Å². The molecule has 4 heterocycles. The lowest BCUT2D eigenvalue weighted by atomic mass is 9.98. The van der Waals surface area contributed by atoms with Crippen molar-refractivity contribution in [3.8, 4) is 0 Å². The molecule has 27 heavy (non-hydrogen) atoms. The van der Waals surface area contributed by atoms with Crippen LogP contribution in [0.5, 0.6) is 0 Å². The highest BCUT2D eigenvalue weighted by molar-refractivity contribution is 5.79. The first kappa shape index (κ1) is 17.8. The maximum atomic E-state index is 13.0. The molecule has 1 N–H and O–H groups in total. The number of nitrogens with one attached hydrogen (secondary N) is 1. The second kappa shape index (κ2) is 7.96. The van der Waals surface area contributed by atoms with Gasteiger partial charge in [-0.1, -0.05) is 0 Å². The van der Waals surface area contributed by atoms with E-state index in [1.807, 2.05) is 17.9 Å². The molecule has 2 aromatic heterocycles. The summed E-state index contributed by atoms with van der Waals surface area (Å²) in [7, 11) is 0. The third-order valence-electron chi connectivity index (χ3n) is 5.11. The molecule has 142 valence electrons. The normalized spacial score (nSPS) is 20.6. The van der Waals surface area contributed by atoms with E-state index in [1.165, 1.54) is 0 Å². The van der Waals surface area contributed by atoms with Gasteiger partial charge in [-0.15, -0.1) is 0 Å². The molecule has 0 aromatic carbocycles. The number of ether oxygens (including phenoxy) is 1. The van der Waals surface area contributed by atoms with Crippen molar-refractivity contribution >= 4 is 17.7 Å². The van der Waals surface area contributed by atoms with Gasteiger partial charge in [0.15, 0.2) is 0 Å². The number of rotatable bonds is 4. The number of carbonyl (C=O) groups excluding carboxylic acids is 1. The number of aromatic nitrogens is 4. The molecule has 0 unspecified atom stereocenters. The molecule has 0 aliphatic carbocycles. The average molecular weight is 368 g/mol. The Morgan fingerprint density at radius 3 is 2.74 bits per heavy atom. The second-order valence-electron chi connectivity index (χ2n) is 7.00. The Labute approximate surface area is 158 Å². The van der Waals surface area contributed by atoms with E-state index in [4.69, 9.17) is 4.74 Å². The maximum Gasteiger partial charge on any atom is 0.228 e. The Hall–Kier alpha value is -2.61. The highest BCUT2D eigenvalue weighted by Crippen LogP contribution is 2.34. The minimum absolute atomic E-state index is 0.000661. The van der Waals surface area contributed by atoms with E-state index in [0.717, 1.165) is 37.9 Å². The van der Waals surface area contributed by atoms with Gasteiger partial charge in [-0.3, -0.25) is 4.79 Å². The number of aryl methyl sites for hydroxylation is 1. The van der Waals surface area contributed by atoms with Crippen molar-refractivity contribution < 1.29 is 9.53 Å². The molecule has 8 nitrogen and oxygen atoms in total. The molecule has 0 bridgehead atoms. The van der Waals surface area contributed by atoms with E-state index < -0.39 is 0 Å². The fourth-order valence-electron chi connectivity index (χ4n) is 3.82. The fourth-order valence-corrected chi connectivity index (χ4v) is 3.82. The Balaban J connectivity index is 1.55. The first-order chi connectivity index (χ1) is 13.2. The van der Waals surface area contributed by atoms with Gasteiger partial charge in [0.25, 0.3) is 0 Å². The van der Waals surface area contributed by atoms with Crippen molar-refractivity contribution in [3.63, 3.8) is 0 Å². The van der Waals surface area contributed by atoms with Gasteiger partial charge in [0.05, 0.1) is 11.7 Å². The number of amides is 1. The zero-order valence-corrected chi connectivity index (χ0v) is 15.5. The Morgan fingerprint density at radius 2 is 1.96 bits per heavy atom. The molecule has 0 saturated carbocycles. The van der Waals surface area contributed by atoms with Crippen molar-refractivity contribution in [3.05, 3.63) is 36.0 Å². The standard InChI is InChI=1S/C19H24N6O2/c1-13-22-15(12-17(23-13)24-19-20-7-3-8-21-19)16-4-2-9-25(16)18(26)14-5-10-27-11-6-14/h3,7-8,12,14,16H,2,4-6,9-11H2,1H3,(H,20,21,22,23,24)/t16-/m0/s1. The molecular formula is C19H24N6O2. The highest BCUT2D eigenvalue weighted by Gasteiger charge is 2.35. The molecule has 2 saturated heterocycles. The van der Waals surface area contributed by atoms with Crippen LogP contribution in [0.4, 0.5) is 11.8 Å². The van der Waals surface area contributed by atoms with E-state index in [0.29, 0.717) is 30.8 Å². The van der Waals surface area contributed by atoms with Crippen molar-refractivity contribution in [1.82, 2.24) is 24.8 Å². The SMILES string of the molecule is Cc1nc(Nc2ncccn2)cc([C@@H]2CCCN2C(=O)C2CCOCC2)n1. The van der Waals surface area contributed by atoms with Gasteiger partial charge in [0.1, 0.15) is 11.6 Å². The van der Waals surface area contributed by atoms with E-state index in [9.17, 15) is 4.79 Å². The Morgan fingerprint density at radius 1 is 1.19 bits per heavy atom.